The van der Waals surface area contributed by atoms with Gasteiger partial charge < -0.3 is 18.9 Å². The second kappa shape index (κ2) is 7.55. The zero-order valence-corrected chi connectivity index (χ0v) is 16.3. The molecule has 2 heterocycles. The maximum absolute atomic E-state index is 12.8. The van der Waals surface area contributed by atoms with Crippen LogP contribution in [0.5, 0.6) is 11.5 Å². The van der Waals surface area contributed by atoms with Gasteiger partial charge in [0.05, 0.1) is 19.5 Å². The number of benzene rings is 1. The molecule has 1 fully saturated rings. The molecule has 1 aliphatic rings. The number of aryl methyl sites for hydroxylation is 1. The van der Waals surface area contributed by atoms with Crippen molar-refractivity contribution >= 4 is 15.7 Å². The molecule has 146 valence electrons. The van der Waals surface area contributed by atoms with Crippen LogP contribution in [-0.2, 0) is 16.9 Å². The maximum Gasteiger partial charge on any atom is 0.253 e. The molecule has 0 atom stereocenters. The van der Waals surface area contributed by atoms with Crippen molar-refractivity contribution in [2.24, 2.45) is 7.05 Å². The van der Waals surface area contributed by atoms with Crippen LogP contribution in [0.1, 0.15) is 23.2 Å². The molecule has 0 unspecified atom stereocenters. The van der Waals surface area contributed by atoms with Crippen molar-refractivity contribution in [2.45, 2.75) is 23.2 Å². The Bertz CT molecular complexity index is 933. The van der Waals surface area contributed by atoms with Crippen LogP contribution in [0.15, 0.2) is 29.7 Å². The highest BCUT2D eigenvalue weighted by Gasteiger charge is 2.35. The maximum atomic E-state index is 12.8. The quantitative estimate of drug-likeness (QED) is 0.742. The van der Waals surface area contributed by atoms with Gasteiger partial charge in [-0.2, -0.15) is 0 Å². The van der Waals surface area contributed by atoms with Crippen LogP contribution in [0.2, 0.25) is 0 Å². The molecule has 0 saturated carbocycles. The van der Waals surface area contributed by atoms with Crippen LogP contribution in [0.4, 0.5) is 0 Å². The first-order valence-corrected chi connectivity index (χ1v) is 10.0. The summed E-state index contributed by atoms with van der Waals surface area (Å²) in [5.74, 6) is 0.857. The summed E-state index contributed by atoms with van der Waals surface area (Å²) in [6.45, 7) is 0.712. The SMILES string of the molecule is COc1ccc(C(=O)N2CCC(S(=O)(=O)c3nncn3C)CC2)cc1OC. The zero-order valence-electron chi connectivity index (χ0n) is 15.5. The first-order valence-electron chi connectivity index (χ1n) is 8.47. The van der Waals surface area contributed by atoms with E-state index in [0.29, 0.717) is 43.0 Å². The summed E-state index contributed by atoms with van der Waals surface area (Å²) in [6.07, 6.45) is 2.07. The molecule has 1 saturated heterocycles. The van der Waals surface area contributed by atoms with Crippen molar-refractivity contribution in [3.05, 3.63) is 30.1 Å². The fourth-order valence-corrected chi connectivity index (χ4v) is 4.94. The van der Waals surface area contributed by atoms with Crippen molar-refractivity contribution in [1.29, 1.82) is 0 Å². The van der Waals surface area contributed by atoms with E-state index < -0.39 is 15.1 Å². The topological polar surface area (TPSA) is 104 Å². The molecule has 9 nitrogen and oxygen atoms in total. The van der Waals surface area contributed by atoms with Crippen molar-refractivity contribution < 1.29 is 22.7 Å². The number of rotatable bonds is 5. The lowest BCUT2D eigenvalue weighted by atomic mass is 10.1. The number of aromatic nitrogens is 3. The Hall–Kier alpha value is -2.62. The van der Waals surface area contributed by atoms with E-state index in [1.165, 1.54) is 25.1 Å². The standard InChI is InChI=1S/C17H22N4O5S/c1-20-11-18-19-17(20)27(23,24)13-6-8-21(9-7-13)16(22)12-4-5-14(25-2)15(10-12)26-3/h4-5,10-11,13H,6-9H2,1-3H3. The number of carbonyl (C=O) groups is 1. The molecular formula is C17H22N4O5S. The summed E-state index contributed by atoms with van der Waals surface area (Å²) in [4.78, 5) is 14.4. The smallest absolute Gasteiger partial charge is 0.253 e. The number of carbonyl (C=O) groups excluding carboxylic acids is 1. The van der Waals surface area contributed by atoms with Crippen molar-refractivity contribution in [1.82, 2.24) is 19.7 Å². The molecule has 0 N–H and O–H groups in total. The van der Waals surface area contributed by atoms with Gasteiger partial charge in [-0.05, 0) is 31.0 Å². The van der Waals surface area contributed by atoms with E-state index in [1.54, 1.807) is 30.1 Å². The molecule has 10 heteroatoms. The van der Waals surface area contributed by atoms with E-state index in [4.69, 9.17) is 9.47 Å². The predicted molar refractivity (Wildman–Crippen MR) is 96.7 cm³/mol. The fraction of sp³-hybridized carbons (Fsp3) is 0.471. The summed E-state index contributed by atoms with van der Waals surface area (Å²) in [5.41, 5.74) is 0.474. The molecule has 0 spiro atoms. The molecule has 0 radical (unpaired) electrons. The van der Waals surface area contributed by atoms with Crippen LogP contribution in [0, 0.1) is 0 Å². The van der Waals surface area contributed by atoms with Gasteiger partial charge in [-0.25, -0.2) is 8.42 Å². The van der Waals surface area contributed by atoms with Gasteiger partial charge in [0.1, 0.15) is 6.33 Å². The Kier molecular flexibility index (Phi) is 5.36. The highest BCUT2D eigenvalue weighted by atomic mass is 32.2. The Balaban J connectivity index is 1.70. The summed E-state index contributed by atoms with van der Waals surface area (Å²) in [5, 5.41) is 6.75. The van der Waals surface area contributed by atoms with Crippen LogP contribution in [-0.4, -0.2) is 66.5 Å². The molecular weight excluding hydrogens is 372 g/mol. The number of hydrogen-bond donors (Lipinski definition) is 0. The average Bonchev–Trinajstić information content (AvgIpc) is 3.13. The van der Waals surface area contributed by atoms with E-state index >= 15 is 0 Å². The lowest BCUT2D eigenvalue weighted by Gasteiger charge is -2.31. The summed E-state index contributed by atoms with van der Waals surface area (Å²) in [7, 11) is 1.07. The third-order valence-corrected chi connectivity index (χ3v) is 6.95. The lowest BCUT2D eigenvalue weighted by molar-refractivity contribution is 0.0725. The number of nitrogens with zero attached hydrogens (tertiary/aromatic N) is 4. The normalized spacial score (nSPS) is 15.6. The number of amides is 1. The molecule has 2 aromatic rings. The van der Waals surface area contributed by atoms with Gasteiger partial charge in [-0.1, -0.05) is 0 Å². The second-order valence-electron chi connectivity index (χ2n) is 6.33. The zero-order chi connectivity index (χ0) is 19.6. The number of piperidine rings is 1. The monoisotopic (exact) mass is 394 g/mol. The van der Waals surface area contributed by atoms with Crippen molar-refractivity contribution in [2.75, 3.05) is 27.3 Å². The van der Waals surface area contributed by atoms with Crippen molar-refractivity contribution in [3.8, 4) is 11.5 Å². The van der Waals surface area contributed by atoms with E-state index in [-0.39, 0.29) is 11.1 Å². The minimum absolute atomic E-state index is 0.0350. The third-order valence-electron chi connectivity index (χ3n) is 4.72. The van der Waals surface area contributed by atoms with E-state index in [1.807, 2.05) is 0 Å². The van der Waals surface area contributed by atoms with Crippen LogP contribution >= 0.6 is 0 Å². The Morgan fingerprint density at radius 3 is 2.37 bits per heavy atom. The molecule has 0 bridgehead atoms. The van der Waals surface area contributed by atoms with Gasteiger partial charge in [0.15, 0.2) is 11.5 Å². The highest BCUT2D eigenvalue weighted by Crippen LogP contribution is 2.29. The average molecular weight is 394 g/mol. The second-order valence-corrected chi connectivity index (χ2v) is 8.45. The Labute approximate surface area is 157 Å². The van der Waals surface area contributed by atoms with Crippen molar-refractivity contribution in [3.63, 3.8) is 0 Å². The van der Waals surface area contributed by atoms with E-state index in [2.05, 4.69) is 10.2 Å². The van der Waals surface area contributed by atoms with Crippen LogP contribution < -0.4 is 9.47 Å². The van der Waals surface area contributed by atoms with Gasteiger partial charge in [-0.15, -0.1) is 10.2 Å². The third kappa shape index (κ3) is 3.61. The van der Waals surface area contributed by atoms with Gasteiger partial charge in [0, 0.05) is 25.7 Å². The van der Waals surface area contributed by atoms with Gasteiger partial charge in [0.2, 0.25) is 15.0 Å². The van der Waals surface area contributed by atoms with E-state index in [9.17, 15) is 13.2 Å². The van der Waals surface area contributed by atoms with Crippen LogP contribution in [0.3, 0.4) is 0 Å². The first kappa shape index (κ1) is 19.2. The van der Waals surface area contributed by atoms with E-state index in [0.717, 1.165) is 0 Å². The first-order chi connectivity index (χ1) is 12.9. The fourth-order valence-electron chi connectivity index (χ4n) is 3.20. The molecule has 1 aromatic carbocycles. The lowest BCUT2D eigenvalue weighted by Crippen LogP contribution is -2.42. The minimum atomic E-state index is -3.57. The summed E-state index contributed by atoms with van der Waals surface area (Å²) < 4.78 is 37.2. The molecule has 3 rings (SSSR count). The molecule has 1 amide bonds. The minimum Gasteiger partial charge on any atom is -0.493 e. The summed E-state index contributed by atoms with van der Waals surface area (Å²) >= 11 is 0. The molecule has 1 aliphatic heterocycles. The number of ether oxygens (including phenoxy) is 2. The summed E-state index contributed by atoms with van der Waals surface area (Å²) in [6, 6.07) is 4.98. The number of likely N-dealkylation sites (tertiary alicyclic amines) is 1. The molecule has 1 aromatic heterocycles. The molecule has 0 aliphatic carbocycles. The van der Waals surface area contributed by atoms with Gasteiger partial charge in [-0.3, -0.25) is 4.79 Å². The molecule has 27 heavy (non-hydrogen) atoms. The number of methoxy groups -OCH3 is 2. The predicted octanol–water partition coefficient (Wildman–Crippen LogP) is 0.911. The number of hydrogen-bond acceptors (Lipinski definition) is 7. The highest BCUT2D eigenvalue weighted by molar-refractivity contribution is 7.91. The Morgan fingerprint density at radius 1 is 1.15 bits per heavy atom. The van der Waals surface area contributed by atoms with Crippen LogP contribution in [0.25, 0.3) is 0 Å². The largest absolute Gasteiger partial charge is 0.493 e. The van der Waals surface area contributed by atoms with Gasteiger partial charge in [0.25, 0.3) is 5.91 Å². The number of sulfone groups is 1. The Morgan fingerprint density at radius 2 is 1.81 bits per heavy atom. The van der Waals surface area contributed by atoms with Gasteiger partial charge >= 0.3 is 0 Å².